The number of benzene rings is 3. The van der Waals surface area contributed by atoms with Gasteiger partial charge in [-0.25, -0.2) is 12.8 Å². The Bertz CT molecular complexity index is 1490. The molecule has 0 spiro atoms. The van der Waals surface area contributed by atoms with Crippen molar-refractivity contribution in [3.8, 4) is 0 Å². The zero-order valence-corrected chi connectivity index (χ0v) is 24.4. The van der Waals surface area contributed by atoms with Crippen molar-refractivity contribution in [1.29, 1.82) is 0 Å². The van der Waals surface area contributed by atoms with Gasteiger partial charge in [-0.1, -0.05) is 61.0 Å². The van der Waals surface area contributed by atoms with Crippen LogP contribution in [0.5, 0.6) is 0 Å². The second-order valence-electron chi connectivity index (χ2n) is 9.58. The monoisotopic (exact) mass is 627 g/mol. The van der Waals surface area contributed by atoms with E-state index in [4.69, 9.17) is 11.6 Å². The van der Waals surface area contributed by atoms with E-state index in [1.807, 2.05) is 6.92 Å². The summed E-state index contributed by atoms with van der Waals surface area (Å²) in [7, 11) is -4.34. The Labute approximate surface area is 247 Å². The Balaban J connectivity index is 2.09. The topological polar surface area (TPSA) is 86.8 Å². The van der Waals surface area contributed by atoms with Crippen LogP contribution in [0.1, 0.15) is 30.0 Å². The summed E-state index contributed by atoms with van der Waals surface area (Å²) in [4.78, 5) is 28.5. The molecule has 3 aromatic rings. The van der Waals surface area contributed by atoms with Crippen molar-refractivity contribution in [2.24, 2.45) is 0 Å². The van der Waals surface area contributed by atoms with Crippen molar-refractivity contribution >= 4 is 39.1 Å². The molecule has 3 rings (SSSR count). The Hall–Kier alpha value is -3.64. The maximum absolute atomic E-state index is 13.9. The number of rotatable bonds is 12. The lowest BCUT2D eigenvalue weighted by Gasteiger charge is -2.33. The van der Waals surface area contributed by atoms with Crippen LogP contribution in [0.3, 0.4) is 0 Å². The van der Waals surface area contributed by atoms with Gasteiger partial charge in [0.15, 0.2) is 0 Å². The minimum Gasteiger partial charge on any atom is -0.354 e. The molecular weight excluding hydrogens is 598 g/mol. The fourth-order valence-electron chi connectivity index (χ4n) is 4.18. The van der Waals surface area contributed by atoms with E-state index in [9.17, 15) is 35.6 Å². The molecule has 0 radical (unpaired) electrons. The molecule has 226 valence electrons. The highest BCUT2D eigenvalue weighted by Gasteiger charge is 2.35. The van der Waals surface area contributed by atoms with E-state index >= 15 is 0 Å². The number of alkyl halides is 3. The number of carbonyl (C=O) groups is 2. The number of sulfonamides is 1. The summed E-state index contributed by atoms with van der Waals surface area (Å²) in [6.07, 6.45) is -3.42. The molecule has 0 aromatic heterocycles. The molecule has 2 amide bonds. The summed E-state index contributed by atoms with van der Waals surface area (Å²) in [5.74, 6) is -1.93. The first kappa shape index (κ1) is 32.9. The fraction of sp³-hybridized carbons (Fsp3) is 0.310. The van der Waals surface area contributed by atoms with E-state index in [1.165, 1.54) is 24.3 Å². The van der Waals surface area contributed by atoms with E-state index in [1.54, 1.807) is 30.3 Å². The average Bonchev–Trinajstić information content (AvgIpc) is 2.93. The number of amides is 2. The van der Waals surface area contributed by atoms with Gasteiger partial charge in [-0.05, 0) is 47.9 Å². The molecule has 13 heteroatoms. The van der Waals surface area contributed by atoms with Crippen LogP contribution in [-0.4, -0.2) is 50.5 Å². The third-order valence-corrected chi connectivity index (χ3v) is 7.75. The molecule has 3 aromatic carbocycles. The summed E-state index contributed by atoms with van der Waals surface area (Å²) in [6.45, 7) is 0.978. The lowest BCUT2D eigenvalue weighted by Crippen LogP contribution is -2.53. The Kier molecular flexibility index (Phi) is 11.0. The number of anilines is 1. The number of hydrogen-bond donors (Lipinski definition) is 1. The maximum Gasteiger partial charge on any atom is 0.416 e. The molecule has 0 saturated carbocycles. The van der Waals surface area contributed by atoms with Gasteiger partial charge in [-0.3, -0.25) is 13.9 Å². The van der Waals surface area contributed by atoms with Crippen LogP contribution in [0, 0.1) is 5.82 Å². The minimum atomic E-state index is -4.81. The molecule has 1 unspecified atom stereocenters. The van der Waals surface area contributed by atoms with Gasteiger partial charge < -0.3 is 10.2 Å². The Morgan fingerprint density at radius 1 is 0.976 bits per heavy atom. The summed E-state index contributed by atoms with van der Waals surface area (Å²) in [5.41, 5.74) is -0.563. The third-order valence-electron chi connectivity index (χ3n) is 6.31. The van der Waals surface area contributed by atoms with E-state index < -0.39 is 57.7 Å². The number of carbonyl (C=O) groups excluding carboxylic acids is 2. The molecule has 1 N–H and O–H groups in total. The Morgan fingerprint density at radius 3 is 2.19 bits per heavy atom. The van der Waals surface area contributed by atoms with Crippen LogP contribution in [0.25, 0.3) is 0 Å². The van der Waals surface area contributed by atoms with Gasteiger partial charge in [0, 0.05) is 19.5 Å². The van der Waals surface area contributed by atoms with Gasteiger partial charge in [-0.15, -0.1) is 0 Å². The fourth-order valence-corrected chi connectivity index (χ4v) is 5.30. The quantitative estimate of drug-likeness (QED) is 0.271. The standard InChI is InChI=1S/C29H30ClF4N3O4S/c1-3-15-35-28(39)26(16-20-7-5-4-6-8-20)36(18-21-9-12-23(31)13-10-21)27(38)19-37(42(2,40)41)25-17-22(29(32,33)34)11-14-24(25)30/h4-14,17,26H,3,15-16,18-19H2,1-2H3,(H,35,39). The van der Waals surface area contributed by atoms with E-state index in [-0.39, 0.29) is 18.0 Å². The van der Waals surface area contributed by atoms with Gasteiger partial charge in [0.25, 0.3) is 0 Å². The Morgan fingerprint density at radius 2 is 1.62 bits per heavy atom. The normalized spacial score (nSPS) is 12.5. The molecule has 1 atom stereocenters. The van der Waals surface area contributed by atoms with E-state index in [0.717, 1.165) is 17.2 Å². The van der Waals surface area contributed by atoms with Crippen LogP contribution >= 0.6 is 11.6 Å². The summed E-state index contributed by atoms with van der Waals surface area (Å²) in [6, 6.07) is 15.0. The third kappa shape index (κ3) is 8.93. The molecule has 7 nitrogen and oxygen atoms in total. The molecule has 0 aliphatic carbocycles. The largest absolute Gasteiger partial charge is 0.416 e. The van der Waals surface area contributed by atoms with Gasteiger partial charge in [-0.2, -0.15) is 13.2 Å². The van der Waals surface area contributed by atoms with Crippen molar-refractivity contribution < 1.29 is 35.6 Å². The second kappa shape index (κ2) is 14.0. The summed E-state index contributed by atoms with van der Waals surface area (Å²) < 4.78 is 80.2. The highest BCUT2D eigenvalue weighted by molar-refractivity contribution is 7.92. The molecular formula is C29H30ClF4N3O4S. The van der Waals surface area contributed by atoms with Gasteiger partial charge in [0.05, 0.1) is 22.5 Å². The highest BCUT2D eigenvalue weighted by Crippen LogP contribution is 2.36. The summed E-state index contributed by atoms with van der Waals surface area (Å²) >= 11 is 6.13. The molecule has 0 aliphatic rings. The van der Waals surface area contributed by atoms with Crippen molar-refractivity contribution in [3.05, 3.63) is 100 Å². The second-order valence-corrected chi connectivity index (χ2v) is 11.9. The van der Waals surface area contributed by atoms with Crippen molar-refractivity contribution in [2.75, 3.05) is 23.7 Å². The zero-order valence-electron chi connectivity index (χ0n) is 22.9. The molecule has 42 heavy (non-hydrogen) atoms. The van der Waals surface area contributed by atoms with Gasteiger partial charge in [0.1, 0.15) is 18.4 Å². The van der Waals surface area contributed by atoms with E-state index in [0.29, 0.717) is 40.5 Å². The van der Waals surface area contributed by atoms with E-state index in [2.05, 4.69) is 5.32 Å². The smallest absolute Gasteiger partial charge is 0.354 e. The van der Waals surface area contributed by atoms with Crippen molar-refractivity contribution in [2.45, 2.75) is 38.5 Å². The summed E-state index contributed by atoms with van der Waals surface area (Å²) in [5, 5.41) is 2.43. The molecule has 0 heterocycles. The molecule has 0 aliphatic heterocycles. The minimum absolute atomic E-state index is 0.0481. The molecule has 0 bridgehead atoms. The number of nitrogens with one attached hydrogen (secondary N) is 1. The first-order chi connectivity index (χ1) is 19.7. The van der Waals surface area contributed by atoms with Crippen molar-refractivity contribution in [3.63, 3.8) is 0 Å². The van der Waals surface area contributed by atoms with Crippen LogP contribution in [0.4, 0.5) is 23.2 Å². The van der Waals surface area contributed by atoms with Crippen LogP contribution in [0.15, 0.2) is 72.8 Å². The predicted octanol–water partition coefficient (Wildman–Crippen LogP) is 5.43. The highest BCUT2D eigenvalue weighted by atomic mass is 35.5. The van der Waals surface area contributed by atoms with Crippen molar-refractivity contribution in [1.82, 2.24) is 10.2 Å². The van der Waals surface area contributed by atoms with Gasteiger partial charge in [0.2, 0.25) is 21.8 Å². The van der Waals surface area contributed by atoms with Gasteiger partial charge >= 0.3 is 6.18 Å². The predicted molar refractivity (Wildman–Crippen MR) is 153 cm³/mol. The average molecular weight is 628 g/mol. The lowest BCUT2D eigenvalue weighted by atomic mass is 10.0. The van der Waals surface area contributed by atoms with Crippen LogP contribution in [-0.2, 0) is 38.8 Å². The lowest BCUT2D eigenvalue weighted by molar-refractivity contribution is -0.140. The number of nitrogens with zero attached hydrogens (tertiary/aromatic N) is 2. The van der Waals surface area contributed by atoms with Crippen LogP contribution in [0.2, 0.25) is 5.02 Å². The maximum atomic E-state index is 13.9. The molecule has 0 fully saturated rings. The molecule has 0 saturated heterocycles. The number of halogens is 5. The SMILES string of the molecule is CCCNC(=O)C(Cc1ccccc1)N(Cc1ccc(F)cc1)C(=O)CN(c1cc(C(F)(F)F)ccc1Cl)S(C)(=O)=O. The van der Waals surface area contributed by atoms with Crippen LogP contribution < -0.4 is 9.62 Å². The number of hydrogen-bond acceptors (Lipinski definition) is 4. The zero-order chi connectivity index (χ0) is 31.1. The first-order valence-corrected chi connectivity index (χ1v) is 15.1. The first-order valence-electron chi connectivity index (χ1n) is 12.9.